The lowest BCUT2D eigenvalue weighted by Gasteiger charge is -2.45. The van der Waals surface area contributed by atoms with Gasteiger partial charge in [-0.25, -0.2) is 9.97 Å². The Bertz CT molecular complexity index is 318. The predicted molar refractivity (Wildman–Crippen MR) is 55.5 cm³/mol. The Labute approximate surface area is 84.2 Å². The van der Waals surface area contributed by atoms with Gasteiger partial charge in [0.1, 0.15) is 11.6 Å². The zero-order valence-corrected chi connectivity index (χ0v) is 8.64. The summed E-state index contributed by atoms with van der Waals surface area (Å²) in [4.78, 5) is 10.8. The first-order chi connectivity index (χ1) is 6.66. The lowest BCUT2D eigenvalue weighted by atomic mass is 9.96. The Balaban J connectivity index is 2.03. The molecule has 2 atom stereocenters. The highest BCUT2D eigenvalue weighted by Crippen LogP contribution is 2.25. The van der Waals surface area contributed by atoms with Gasteiger partial charge in [-0.3, -0.25) is 4.90 Å². The topological polar surface area (TPSA) is 55.0 Å². The van der Waals surface area contributed by atoms with E-state index in [1.165, 1.54) is 6.42 Å². The van der Waals surface area contributed by atoms with Crippen molar-refractivity contribution in [3.63, 3.8) is 0 Å². The third-order valence-electron chi connectivity index (χ3n) is 2.87. The highest BCUT2D eigenvalue weighted by molar-refractivity contribution is 5.25. The van der Waals surface area contributed by atoms with Gasteiger partial charge in [-0.15, -0.1) is 0 Å². The van der Waals surface area contributed by atoms with Crippen LogP contribution >= 0.6 is 0 Å². The summed E-state index contributed by atoms with van der Waals surface area (Å²) in [6.45, 7) is 5.27. The number of nitrogens with two attached hydrogens (primary N) is 1. The third-order valence-corrected chi connectivity index (χ3v) is 2.87. The number of nitrogens with zero attached hydrogens (tertiary/aromatic N) is 3. The van der Waals surface area contributed by atoms with Gasteiger partial charge in [0.2, 0.25) is 0 Å². The molecule has 2 unspecified atom stereocenters. The van der Waals surface area contributed by atoms with Gasteiger partial charge in [0, 0.05) is 18.3 Å². The molecular formula is C10H16N4. The van der Waals surface area contributed by atoms with Crippen LogP contribution in [0.5, 0.6) is 0 Å². The van der Waals surface area contributed by atoms with E-state index in [2.05, 4.69) is 28.7 Å². The van der Waals surface area contributed by atoms with Crippen LogP contribution in [0, 0.1) is 0 Å². The fourth-order valence-corrected chi connectivity index (χ4v) is 2.03. The molecule has 0 aromatic carbocycles. The number of likely N-dealkylation sites (tertiary alicyclic amines) is 1. The van der Waals surface area contributed by atoms with Crippen molar-refractivity contribution in [1.82, 2.24) is 14.9 Å². The zero-order valence-electron chi connectivity index (χ0n) is 8.64. The number of hydrogen-bond acceptors (Lipinski definition) is 4. The number of hydrogen-bond donors (Lipinski definition) is 1. The summed E-state index contributed by atoms with van der Waals surface area (Å²) in [5.74, 6) is 1.37. The molecule has 0 amide bonds. The van der Waals surface area contributed by atoms with E-state index in [0.29, 0.717) is 17.9 Å². The molecule has 1 aliphatic rings. The van der Waals surface area contributed by atoms with Crippen molar-refractivity contribution in [2.45, 2.75) is 38.9 Å². The number of aromatic nitrogens is 2. The first-order valence-corrected chi connectivity index (χ1v) is 5.00. The first-order valence-electron chi connectivity index (χ1n) is 5.00. The highest BCUT2D eigenvalue weighted by atomic mass is 15.2. The van der Waals surface area contributed by atoms with E-state index >= 15 is 0 Å². The Morgan fingerprint density at radius 1 is 1.50 bits per heavy atom. The Morgan fingerprint density at radius 3 is 2.79 bits per heavy atom. The molecule has 2 heterocycles. The Kier molecular flexibility index (Phi) is 2.37. The summed E-state index contributed by atoms with van der Waals surface area (Å²) in [6.07, 6.45) is 2.98. The van der Waals surface area contributed by atoms with E-state index in [1.54, 1.807) is 12.3 Å². The second-order valence-electron chi connectivity index (χ2n) is 4.00. The minimum Gasteiger partial charge on any atom is -0.384 e. The van der Waals surface area contributed by atoms with E-state index in [-0.39, 0.29) is 0 Å². The van der Waals surface area contributed by atoms with Gasteiger partial charge in [0.15, 0.2) is 0 Å². The van der Waals surface area contributed by atoms with Crippen molar-refractivity contribution in [2.75, 3.05) is 5.73 Å². The van der Waals surface area contributed by atoms with Crippen molar-refractivity contribution in [2.24, 2.45) is 0 Å². The summed E-state index contributed by atoms with van der Waals surface area (Å²) in [5, 5.41) is 0. The van der Waals surface area contributed by atoms with Gasteiger partial charge in [0.05, 0.1) is 6.54 Å². The van der Waals surface area contributed by atoms with Crippen LogP contribution in [-0.2, 0) is 6.54 Å². The standard InChI is InChI=1S/C10H16N4/c1-7-5-8(2)14(7)6-10-12-4-3-9(11)13-10/h3-4,7-8H,5-6H2,1-2H3,(H2,11,12,13). The molecular weight excluding hydrogens is 176 g/mol. The first kappa shape index (κ1) is 9.40. The van der Waals surface area contributed by atoms with Gasteiger partial charge in [-0.05, 0) is 26.3 Å². The SMILES string of the molecule is CC1CC(C)N1Cc1nccc(N)n1. The lowest BCUT2D eigenvalue weighted by Crippen LogP contribution is -2.52. The molecule has 1 fully saturated rings. The predicted octanol–water partition coefficient (Wildman–Crippen LogP) is 1.04. The average Bonchev–Trinajstić information content (AvgIpc) is 2.15. The highest BCUT2D eigenvalue weighted by Gasteiger charge is 2.31. The second kappa shape index (κ2) is 3.53. The molecule has 0 bridgehead atoms. The van der Waals surface area contributed by atoms with Crippen LogP contribution in [0.2, 0.25) is 0 Å². The largest absolute Gasteiger partial charge is 0.384 e. The number of anilines is 1. The van der Waals surface area contributed by atoms with Crippen molar-refractivity contribution < 1.29 is 0 Å². The quantitative estimate of drug-likeness (QED) is 0.760. The summed E-state index contributed by atoms with van der Waals surface area (Å²) >= 11 is 0. The van der Waals surface area contributed by atoms with Gasteiger partial charge in [-0.2, -0.15) is 0 Å². The van der Waals surface area contributed by atoms with Crippen LogP contribution in [0.4, 0.5) is 5.82 Å². The fraction of sp³-hybridized carbons (Fsp3) is 0.600. The van der Waals surface area contributed by atoms with Crippen molar-refractivity contribution >= 4 is 5.82 Å². The molecule has 4 nitrogen and oxygen atoms in total. The molecule has 0 saturated carbocycles. The van der Waals surface area contributed by atoms with Crippen LogP contribution in [-0.4, -0.2) is 27.0 Å². The molecule has 76 valence electrons. The van der Waals surface area contributed by atoms with Crippen LogP contribution < -0.4 is 5.73 Å². The minimum atomic E-state index is 0.552. The molecule has 1 aromatic rings. The maximum Gasteiger partial charge on any atom is 0.144 e. The monoisotopic (exact) mass is 192 g/mol. The summed E-state index contributed by atoms with van der Waals surface area (Å²) < 4.78 is 0. The molecule has 2 rings (SSSR count). The van der Waals surface area contributed by atoms with E-state index in [1.807, 2.05) is 0 Å². The van der Waals surface area contributed by atoms with Gasteiger partial charge in [0.25, 0.3) is 0 Å². The van der Waals surface area contributed by atoms with Crippen LogP contribution in [0.1, 0.15) is 26.1 Å². The van der Waals surface area contributed by atoms with Gasteiger partial charge < -0.3 is 5.73 Å². The molecule has 2 N–H and O–H groups in total. The van der Waals surface area contributed by atoms with E-state index in [4.69, 9.17) is 5.73 Å². The minimum absolute atomic E-state index is 0.552. The van der Waals surface area contributed by atoms with Gasteiger partial charge >= 0.3 is 0 Å². The third kappa shape index (κ3) is 1.70. The fourth-order valence-electron chi connectivity index (χ4n) is 2.03. The molecule has 0 radical (unpaired) electrons. The summed E-state index contributed by atoms with van der Waals surface area (Å²) in [7, 11) is 0. The molecule has 0 aliphatic carbocycles. The van der Waals surface area contributed by atoms with Crippen molar-refractivity contribution in [3.05, 3.63) is 18.1 Å². The Morgan fingerprint density at radius 2 is 2.21 bits per heavy atom. The normalized spacial score (nSPS) is 27.3. The maximum atomic E-state index is 5.59. The summed E-state index contributed by atoms with van der Waals surface area (Å²) in [6, 6.07) is 3.01. The van der Waals surface area contributed by atoms with E-state index in [9.17, 15) is 0 Å². The molecule has 1 aliphatic heterocycles. The average molecular weight is 192 g/mol. The second-order valence-corrected chi connectivity index (χ2v) is 4.00. The van der Waals surface area contributed by atoms with Crippen LogP contribution in [0.15, 0.2) is 12.3 Å². The van der Waals surface area contributed by atoms with Crippen molar-refractivity contribution in [1.29, 1.82) is 0 Å². The Hall–Kier alpha value is -1.16. The smallest absolute Gasteiger partial charge is 0.144 e. The zero-order chi connectivity index (χ0) is 10.1. The molecule has 1 saturated heterocycles. The molecule has 14 heavy (non-hydrogen) atoms. The van der Waals surface area contributed by atoms with E-state index in [0.717, 1.165) is 12.4 Å². The number of rotatable bonds is 2. The molecule has 1 aromatic heterocycles. The molecule has 4 heteroatoms. The maximum absolute atomic E-state index is 5.59. The van der Waals surface area contributed by atoms with Crippen LogP contribution in [0.3, 0.4) is 0 Å². The van der Waals surface area contributed by atoms with Crippen molar-refractivity contribution in [3.8, 4) is 0 Å². The van der Waals surface area contributed by atoms with Gasteiger partial charge in [-0.1, -0.05) is 0 Å². The van der Waals surface area contributed by atoms with Crippen LogP contribution in [0.25, 0.3) is 0 Å². The molecule has 0 spiro atoms. The summed E-state index contributed by atoms with van der Waals surface area (Å²) in [5.41, 5.74) is 5.59. The number of nitrogen functional groups attached to an aromatic ring is 1. The van der Waals surface area contributed by atoms with E-state index < -0.39 is 0 Å². The lowest BCUT2D eigenvalue weighted by molar-refractivity contribution is 0.0270.